The highest BCUT2D eigenvalue weighted by molar-refractivity contribution is 5.81. The summed E-state index contributed by atoms with van der Waals surface area (Å²) in [7, 11) is 0. The average molecular weight is 451 g/mol. The van der Waals surface area contributed by atoms with Gasteiger partial charge in [0.1, 0.15) is 5.75 Å². The van der Waals surface area contributed by atoms with Gasteiger partial charge in [0, 0.05) is 6.08 Å². The number of carbonyl (C=O) groups is 1. The van der Waals surface area contributed by atoms with E-state index in [0.29, 0.717) is 13.2 Å². The maximum atomic E-state index is 10.9. The Morgan fingerprint density at radius 2 is 1.36 bits per heavy atom. The number of azo groups is 1. The van der Waals surface area contributed by atoms with E-state index in [1.807, 2.05) is 36.4 Å². The zero-order chi connectivity index (χ0) is 23.6. The van der Waals surface area contributed by atoms with E-state index in [-0.39, 0.29) is 5.97 Å². The van der Waals surface area contributed by atoms with E-state index in [1.54, 1.807) is 0 Å². The predicted molar refractivity (Wildman–Crippen MR) is 135 cm³/mol. The molecule has 0 bridgehead atoms. The summed E-state index contributed by atoms with van der Waals surface area (Å²) in [5, 5.41) is 8.67. The normalized spacial score (nSPS) is 10.9. The summed E-state index contributed by atoms with van der Waals surface area (Å²) < 4.78 is 10.8. The second-order valence-electron chi connectivity index (χ2n) is 8.16. The first-order chi connectivity index (χ1) is 16.2. The Labute approximate surface area is 198 Å². The molecule has 0 saturated carbocycles. The molecule has 5 heteroatoms. The summed E-state index contributed by atoms with van der Waals surface area (Å²) in [4.78, 5) is 10.9. The predicted octanol–water partition coefficient (Wildman–Crippen LogP) is 8.28. The van der Waals surface area contributed by atoms with Crippen LogP contribution >= 0.6 is 0 Å². The van der Waals surface area contributed by atoms with Gasteiger partial charge in [-0.3, -0.25) is 0 Å². The maximum absolute atomic E-state index is 10.9. The number of rotatable bonds is 17. The summed E-state index contributed by atoms with van der Waals surface area (Å²) in [5.41, 5.74) is 3.04. The van der Waals surface area contributed by atoms with Crippen LogP contribution in [-0.4, -0.2) is 19.2 Å². The van der Waals surface area contributed by atoms with Gasteiger partial charge in [-0.15, -0.1) is 0 Å². The van der Waals surface area contributed by atoms with Crippen LogP contribution < -0.4 is 4.74 Å². The lowest BCUT2D eigenvalue weighted by molar-refractivity contribution is -0.137. The van der Waals surface area contributed by atoms with Gasteiger partial charge in [0.05, 0.1) is 24.6 Å². The van der Waals surface area contributed by atoms with Gasteiger partial charge in [0.15, 0.2) is 0 Å². The third kappa shape index (κ3) is 12.0. The summed E-state index contributed by atoms with van der Waals surface area (Å²) in [6.45, 7) is 6.77. The van der Waals surface area contributed by atoms with Crippen molar-refractivity contribution in [3.8, 4) is 5.75 Å². The van der Waals surface area contributed by atoms with E-state index < -0.39 is 0 Å². The number of esters is 1. The van der Waals surface area contributed by atoms with Crippen LogP contribution in [0, 0.1) is 0 Å². The number of benzene rings is 2. The Hall–Kier alpha value is -2.95. The lowest BCUT2D eigenvalue weighted by Gasteiger charge is -2.06. The van der Waals surface area contributed by atoms with Gasteiger partial charge in [-0.25, -0.2) is 4.79 Å². The van der Waals surface area contributed by atoms with Crippen LogP contribution in [0.25, 0.3) is 0 Å². The van der Waals surface area contributed by atoms with Gasteiger partial charge in [-0.2, -0.15) is 10.2 Å². The van der Waals surface area contributed by atoms with Crippen molar-refractivity contribution in [3.63, 3.8) is 0 Å². The number of hydrogen-bond donors (Lipinski definition) is 0. The van der Waals surface area contributed by atoms with E-state index >= 15 is 0 Å². The molecule has 0 aliphatic carbocycles. The monoisotopic (exact) mass is 450 g/mol. The Morgan fingerprint density at radius 1 is 0.788 bits per heavy atom. The fraction of sp³-hybridized carbons (Fsp3) is 0.464. The molecule has 0 heterocycles. The van der Waals surface area contributed by atoms with Crippen molar-refractivity contribution in [2.75, 3.05) is 13.2 Å². The molecule has 0 radical (unpaired) electrons. The topological polar surface area (TPSA) is 60.2 Å². The van der Waals surface area contributed by atoms with Crippen molar-refractivity contribution in [2.24, 2.45) is 10.2 Å². The van der Waals surface area contributed by atoms with Crippen molar-refractivity contribution < 1.29 is 14.3 Å². The molecular weight excluding hydrogens is 412 g/mol. The summed E-state index contributed by atoms with van der Waals surface area (Å²) in [6, 6.07) is 16.1. The van der Waals surface area contributed by atoms with Crippen molar-refractivity contribution in [3.05, 3.63) is 66.7 Å². The minimum absolute atomic E-state index is 0.349. The fourth-order valence-electron chi connectivity index (χ4n) is 3.37. The zero-order valence-corrected chi connectivity index (χ0v) is 20.0. The number of hydrogen-bond acceptors (Lipinski definition) is 5. The molecular formula is C28H38N2O3. The third-order valence-electron chi connectivity index (χ3n) is 5.34. The molecule has 0 aromatic heterocycles. The number of unbranched alkanes of at least 4 members (excludes halogenated alkanes) is 7. The highest BCUT2D eigenvalue weighted by atomic mass is 16.5. The van der Waals surface area contributed by atoms with Gasteiger partial charge in [0.2, 0.25) is 0 Å². The van der Waals surface area contributed by atoms with E-state index in [0.717, 1.165) is 55.6 Å². The molecule has 178 valence electrons. The van der Waals surface area contributed by atoms with E-state index in [1.165, 1.54) is 37.3 Å². The van der Waals surface area contributed by atoms with Crippen LogP contribution in [0.4, 0.5) is 11.4 Å². The summed E-state index contributed by atoms with van der Waals surface area (Å²) >= 11 is 0. The van der Waals surface area contributed by atoms with Crippen LogP contribution in [0.3, 0.4) is 0 Å². The van der Waals surface area contributed by atoms with Crippen molar-refractivity contribution in [1.29, 1.82) is 0 Å². The molecule has 2 rings (SSSR count). The third-order valence-corrected chi connectivity index (χ3v) is 5.34. The second kappa shape index (κ2) is 16.7. The van der Waals surface area contributed by atoms with Gasteiger partial charge < -0.3 is 9.47 Å². The van der Waals surface area contributed by atoms with Gasteiger partial charge in [-0.05, 0) is 67.6 Å². The minimum atomic E-state index is -0.349. The quantitative estimate of drug-likeness (QED) is 0.105. The van der Waals surface area contributed by atoms with Crippen molar-refractivity contribution >= 4 is 17.3 Å². The Morgan fingerprint density at radius 3 is 2.00 bits per heavy atom. The molecule has 33 heavy (non-hydrogen) atoms. The van der Waals surface area contributed by atoms with Crippen LogP contribution in [0.15, 0.2) is 71.4 Å². The molecule has 0 saturated heterocycles. The molecule has 0 fully saturated rings. The van der Waals surface area contributed by atoms with Crippen molar-refractivity contribution in [2.45, 2.75) is 71.1 Å². The minimum Gasteiger partial charge on any atom is -0.494 e. The molecule has 0 aliphatic rings. The summed E-state index contributed by atoms with van der Waals surface area (Å²) in [5.74, 6) is 0.496. The van der Waals surface area contributed by atoms with Crippen molar-refractivity contribution in [1.82, 2.24) is 0 Å². The molecule has 0 spiro atoms. The smallest absolute Gasteiger partial charge is 0.330 e. The Bertz CT molecular complexity index is 829. The summed E-state index contributed by atoms with van der Waals surface area (Å²) in [6.07, 6.45) is 12.6. The van der Waals surface area contributed by atoms with Gasteiger partial charge in [0.25, 0.3) is 0 Å². The molecule has 2 aromatic rings. The molecule has 0 amide bonds. The SMILES string of the molecule is C=CC(=O)OCCCCCCCOc1ccc(N=Nc2ccc(CCCCCC)cc2)cc1. The number of nitrogens with zero attached hydrogens (tertiary/aromatic N) is 2. The molecule has 0 aliphatic heterocycles. The Kier molecular flexibility index (Phi) is 13.3. The lowest BCUT2D eigenvalue weighted by Crippen LogP contribution is -2.01. The number of ether oxygens (including phenoxy) is 2. The maximum Gasteiger partial charge on any atom is 0.330 e. The molecule has 2 aromatic carbocycles. The molecule has 5 nitrogen and oxygen atoms in total. The zero-order valence-electron chi connectivity index (χ0n) is 20.0. The second-order valence-corrected chi connectivity index (χ2v) is 8.16. The van der Waals surface area contributed by atoms with Crippen LogP contribution in [-0.2, 0) is 16.0 Å². The largest absolute Gasteiger partial charge is 0.494 e. The first-order valence-corrected chi connectivity index (χ1v) is 12.2. The molecule has 0 atom stereocenters. The molecule has 0 N–H and O–H groups in total. The highest BCUT2D eigenvalue weighted by Crippen LogP contribution is 2.22. The first-order valence-electron chi connectivity index (χ1n) is 12.2. The Balaban J connectivity index is 1.60. The van der Waals surface area contributed by atoms with E-state index in [4.69, 9.17) is 9.47 Å². The lowest BCUT2D eigenvalue weighted by atomic mass is 10.1. The van der Waals surface area contributed by atoms with Gasteiger partial charge >= 0.3 is 5.97 Å². The number of aryl methyl sites for hydroxylation is 1. The molecule has 0 unspecified atom stereocenters. The standard InChI is InChI=1S/C28H38N2O3/c1-3-5-6-10-13-24-14-16-25(17-15-24)29-30-26-18-20-27(21-19-26)32-22-11-8-7-9-12-23-33-28(31)4-2/h4,14-21H,2-3,5-13,22-23H2,1H3. The van der Waals surface area contributed by atoms with Gasteiger partial charge in [-0.1, -0.05) is 64.2 Å². The van der Waals surface area contributed by atoms with Crippen LogP contribution in [0.5, 0.6) is 5.75 Å². The fourth-order valence-corrected chi connectivity index (χ4v) is 3.37. The van der Waals surface area contributed by atoms with E-state index in [9.17, 15) is 4.79 Å². The average Bonchev–Trinajstić information content (AvgIpc) is 2.85. The highest BCUT2D eigenvalue weighted by Gasteiger charge is 1.99. The van der Waals surface area contributed by atoms with Crippen LogP contribution in [0.2, 0.25) is 0 Å². The number of carbonyl (C=O) groups excluding carboxylic acids is 1. The van der Waals surface area contributed by atoms with Crippen LogP contribution in [0.1, 0.15) is 70.3 Å². The van der Waals surface area contributed by atoms with E-state index in [2.05, 4.69) is 35.9 Å². The first kappa shape index (κ1) is 26.3.